The Balaban J connectivity index is 2.18. The van der Waals surface area contributed by atoms with Crippen LogP contribution in [0.5, 0.6) is 5.75 Å². The van der Waals surface area contributed by atoms with Gasteiger partial charge in [0, 0.05) is 6.07 Å². The van der Waals surface area contributed by atoms with Crippen LogP contribution in [0.15, 0.2) is 29.9 Å². The Morgan fingerprint density at radius 2 is 2.31 bits per heavy atom. The molecule has 2 N–H and O–H groups in total. The second kappa shape index (κ2) is 4.28. The molecule has 1 heterocycles. The molecule has 16 heavy (non-hydrogen) atoms. The fourth-order valence-electron chi connectivity index (χ4n) is 1.12. The normalized spacial score (nSPS) is 10.1. The molecule has 0 saturated carbocycles. The number of thiazole rings is 1. The van der Waals surface area contributed by atoms with Gasteiger partial charge in [0.15, 0.2) is 0 Å². The molecule has 82 valence electrons. The van der Waals surface area contributed by atoms with Crippen molar-refractivity contribution in [2.45, 2.75) is 0 Å². The molecule has 0 aliphatic heterocycles. The van der Waals surface area contributed by atoms with Crippen molar-refractivity contribution in [1.82, 2.24) is 4.98 Å². The molecule has 1 aromatic heterocycles. The lowest BCUT2D eigenvalue weighted by atomic mass is 10.3. The lowest BCUT2D eigenvalue weighted by molar-refractivity contribution is 0.103. The van der Waals surface area contributed by atoms with Crippen LogP contribution in [0.25, 0.3) is 0 Å². The maximum atomic E-state index is 13.3. The van der Waals surface area contributed by atoms with Gasteiger partial charge in [0.1, 0.15) is 16.4 Å². The largest absolute Gasteiger partial charge is 0.508 e. The average molecular weight is 238 g/mol. The van der Waals surface area contributed by atoms with E-state index in [-0.39, 0.29) is 11.4 Å². The summed E-state index contributed by atoms with van der Waals surface area (Å²) < 4.78 is 13.3. The van der Waals surface area contributed by atoms with Gasteiger partial charge >= 0.3 is 0 Å². The zero-order valence-corrected chi connectivity index (χ0v) is 8.79. The third kappa shape index (κ3) is 2.17. The summed E-state index contributed by atoms with van der Waals surface area (Å²) in [5.41, 5.74) is 1.54. The van der Waals surface area contributed by atoms with Crippen molar-refractivity contribution in [2.24, 2.45) is 0 Å². The number of nitrogens with one attached hydrogen (secondary N) is 1. The van der Waals surface area contributed by atoms with Crippen LogP contribution in [-0.4, -0.2) is 16.0 Å². The fourth-order valence-corrected chi connectivity index (χ4v) is 1.63. The molecule has 1 amide bonds. The number of nitrogens with zero attached hydrogens (tertiary/aromatic N) is 1. The molecule has 0 fully saturated rings. The monoisotopic (exact) mass is 238 g/mol. The van der Waals surface area contributed by atoms with Gasteiger partial charge in [-0.05, 0) is 12.1 Å². The van der Waals surface area contributed by atoms with Crippen molar-refractivity contribution in [3.63, 3.8) is 0 Å². The van der Waals surface area contributed by atoms with E-state index in [1.54, 1.807) is 0 Å². The summed E-state index contributed by atoms with van der Waals surface area (Å²) in [5, 5.41) is 11.4. The van der Waals surface area contributed by atoms with Gasteiger partial charge in [-0.15, -0.1) is 11.3 Å². The topological polar surface area (TPSA) is 62.2 Å². The van der Waals surface area contributed by atoms with Gasteiger partial charge in [-0.2, -0.15) is 0 Å². The van der Waals surface area contributed by atoms with Crippen LogP contribution in [0.1, 0.15) is 9.67 Å². The molecule has 1 aromatic carbocycles. The van der Waals surface area contributed by atoms with Crippen LogP contribution < -0.4 is 5.32 Å². The minimum absolute atomic E-state index is 0.0243. The second-order valence-corrected chi connectivity index (χ2v) is 3.87. The minimum Gasteiger partial charge on any atom is -0.508 e. The molecule has 2 rings (SSSR count). The Bertz CT molecular complexity index is 514. The zero-order chi connectivity index (χ0) is 11.5. The number of rotatable bonds is 2. The number of aromatic hydroxyl groups is 1. The van der Waals surface area contributed by atoms with E-state index < -0.39 is 11.7 Å². The first-order chi connectivity index (χ1) is 7.66. The van der Waals surface area contributed by atoms with Crippen molar-refractivity contribution in [3.8, 4) is 5.75 Å². The Labute approximate surface area is 94.4 Å². The molecular weight excluding hydrogens is 231 g/mol. The molecule has 0 radical (unpaired) electrons. The number of carbonyl (C=O) groups is 1. The Morgan fingerprint density at radius 3 is 2.94 bits per heavy atom. The number of phenolic OH excluding ortho intramolecular Hbond substituents is 1. The summed E-state index contributed by atoms with van der Waals surface area (Å²) in [5.74, 6) is -1.29. The lowest BCUT2D eigenvalue weighted by Crippen LogP contribution is -2.11. The second-order valence-electron chi connectivity index (χ2n) is 2.98. The summed E-state index contributed by atoms with van der Waals surface area (Å²) in [6.45, 7) is 0. The number of phenols is 1. The van der Waals surface area contributed by atoms with Gasteiger partial charge in [-0.1, -0.05) is 0 Å². The van der Waals surface area contributed by atoms with Crippen molar-refractivity contribution >= 4 is 22.9 Å². The highest BCUT2D eigenvalue weighted by atomic mass is 32.1. The molecule has 4 nitrogen and oxygen atoms in total. The van der Waals surface area contributed by atoms with E-state index in [4.69, 9.17) is 5.11 Å². The van der Waals surface area contributed by atoms with E-state index in [9.17, 15) is 9.18 Å². The number of halogens is 1. The van der Waals surface area contributed by atoms with Crippen LogP contribution >= 0.6 is 11.3 Å². The van der Waals surface area contributed by atoms with Gasteiger partial charge in [0.05, 0.1) is 17.4 Å². The van der Waals surface area contributed by atoms with Gasteiger partial charge < -0.3 is 10.4 Å². The molecule has 2 aromatic rings. The minimum atomic E-state index is -0.683. The van der Waals surface area contributed by atoms with Crippen molar-refractivity contribution in [2.75, 3.05) is 5.32 Å². The van der Waals surface area contributed by atoms with E-state index in [0.717, 1.165) is 17.4 Å². The third-order valence-electron chi connectivity index (χ3n) is 1.86. The summed E-state index contributed by atoms with van der Waals surface area (Å²) in [6.07, 6.45) is 1.40. The first-order valence-electron chi connectivity index (χ1n) is 4.35. The predicted molar refractivity (Wildman–Crippen MR) is 58.1 cm³/mol. The van der Waals surface area contributed by atoms with Crippen molar-refractivity contribution < 1.29 is 14.3 Å². The third-order valence-corrected chi connectivity index (χ3v) is 2.63. The summed E-state index contributed by atoms with van der Waals surface area (Å²) in [7, 11) is 0. The van der Waals surface area contributed by atoms with Gasteiger partial charge in [-0.25, -0.2) is 4.39 Å². The van der Waals surface area contributed by atoms with Crippen LogP contribution in [0.3, 0.4) is 0 Å². The van der Waals surface area contributed by atoms with E-state index in [1.165, 1.54) is 23.8 Å². The molecule has 0 saturated heterocycles. The van der Waals surface area contributed by atoms with E-state index in [2.05, 4.69) is 10.3 Å². The number of hydrogen-bond donors (Lipinski definition) is 2. The fraction of sp³-hybridized carbons (Fsp3) is 0. The number of amides is 1. The first kappa shape index (κ1) is 10.6. The number of anilines is 1. The van der Waals surface area contributed by atoms with E-state index >= 15 is 0 Å². The standard InChI is InChI=1S/C10H7FN2O2S/c11-7-3-6(14)1-2-8(7)13-10(15)9-4-12-5-16-9/h1-5,14H,(H,13,15). The molecule has 0 aliphatic carbocycles. The molecule has 6 heteroatoms. The summed E-state index contributed by atoms with van der Waals surface area (Å²) >= 11 is 1.16. The highest BCUT2D eigenvalue weighted by Crippen LogP contribution is 2.20. The molecule has 0 unspecified atom stereocenters. The Kier molecular flexibility index (Phi) is 2.82. The SMILES string of the molecule is O=C(Nc1ccc(O)cc1F)c1cncs1. The lowest BCUT2D eigenvalue weighted by Gasteiger charge is -2.04. The van der Waals surface area contributed by atoms with E-state index in [1.807, 2.05) is 0 Å². The molecular formula is C10H7FN2O2S. The average Bonchev–Trinajstić information content (AvgIpc) is 2.75. The highest BCUT2D eigenvalue weighted by molar-refractivity contribution is 7.11. The number of hydrogen-bond acceptors (Lipinski definition) is 4. The predicted octanol–water partition coefficient (Wildman–Crippen LogP) is 2.24. The van der Waals surface area contributed by atoms with Crippen molar-refractivity contribution in [3.05, 3.63) is 40.6 Å². The van der Waals surface area contributed by atoms with Crippen LogP contribution in [-0.2, 0) is 0 Å². The van der Waals surface area contributed by atoms with Crippen LogP contribution in [0.4, 0.5) is 10.1 Å². The van der Waals surface area contributed by atoms with E-state index in [0.29, 0.717) is 4.88 Å². The number of carbonyl (C=O) groups excluding carboxylic acids is 1. The van der Waals surface area contributed by atoms with Gasteiger partial charge in [0.2, 0.25) is 0 Å². The quantitative estimate of drug-likeness (QED) is 0.789. The molecule has 0 bridgehead atoms. The summed E-state index contributed by atoms with van der Waals surface area (Å²) in [6, 6.07) is 3.53. The smallest absolute Gasteiger partial charge is 0.267 e. The number of benzene rings is 1. The highest BCUT2D eigenvalue weighted by Gasteiger charge is 2.10. The van der Waals surface area contributed by atoms with Gasteiger partial charge in [-0.3, -0.25) is 9.78 Å². The zero-order valence-electron chi connectivity index (χ0n) is 7.98. The molecule has 0 spiro atoms. The maximum Gasteiger partial charge on any atom is 0.267 e. The summed E-state index contributed by atoms with van der Waals surface area (Å²) in [4.78, 5) is 15.7. The first-order valence-corrected chi connectivity index (χ1v) is 5.23. The van der Waals surface area contributed by atoms with Crippen LogP contribution in [0.2, 0.25) is 0 Å². The molecule has 0 aliphatic rings. The Hall–Kier alpha value is -1.95. The Morgan fingerprint density at radius 1 is 1.50 bits per heavy atom. The number of aromatic nitrogens is 1. The van der Waals surface area contributed by atoms with Crippen LogP contribution in [0, 0.1) is 5.82 Å². The molecule has 0 atom stereocenters. The maximum absolute atomic E-state index is 13.3. The van der Waals surface area contributed by atoms with Crippen molar-refractivity contribution in [1.29, 1.82) is 0 Å². The van der Waals surface area contributed by atoms with Gasteiger partial charge in [0.25, 0.3) is 5.91 Å².